The molecule has 0 atom stereocenters. The van der Waals surface area contributed by atoms with Crippen LogP contribution in [0.5, 0.6) is 0 Å². The standard InChI is InChI=1S/C20H17N5O/c1-20(11-21)12-25(13-20)15-7-9-22-17(10-15)19(26)24-16-6-2-4-14-5-3-8-23-18(14)16/h2-10H,12-13H2,1H3,(H,24,26). The maximum Gasteiger partial charge on any atom is 0.274 e. The highest BCUT2D eigenvalue weighted by molar-refractivity contribution is 6.07. The van der Waals surface area contributed by atoms with Crippen LogP contribution >= 0.6 is 0 Å². The molecule has 0 radical (unpaired) electrons. The van der Waals surface area contributed by atoms with E-state index in [2.05, 4.69) is 26.3 Å². The van der Waals surface area contributed by atoms with Gasteiger partial charge in [0.05, 0.1) is 22.7 Å². The molecule has 128 valence electrons. The number of para-hydroxylation sites is 1. The zero-order valence-corrected chi connectivity index (χ0v) is 14.3. The summed E-state index contributed by atoms with van der Waals surface area (Å²) >= 11 is 0. The average molecular weight is 343 g/mol. The minimum absolute atomic E-state index is 0.284. The van der Waals surface area contributed by atoms with E-state index < -0.39 is 0 Å². The molecule has 0 spiro atoms. The highest BCUT2D eigenvalue weighted by Gasteiger charge is 2.39. The smallest absolute Gasteiger partial charge is 0.274 e. The third-order valence-electron chi connectivity index (χ3n) is 4.57. The molecular weight excluding hydrogens is 326 g/mol. The summed E-state index contributed by atoms with van der Waals surface area (Å²) in [5.41, 5.74) is 2.31. The summed E-state index contributed by atoms with van der Waals surface area (Å²) in [4.78, 5) is 23.3. The van der Waals surface area contributed by atoms with Gasteiger partial charge >= 0.3 is 0 Å². The van der Waals surface area contributed by atoms with Crippen LogP contribution in [-0.2, 0) is 0 Å². The Morgan fingerprint density at radius 1 is 1.19 bits per heavy atom. The normalized spacial score (nSPS) is 15.2. The molecule has 26 heavy (non-hydrogen) atoms. The Kier molecular flexibility index (Phi) is 3.77. The number of anilines is 2. The number of hydrogen-bond donors (Lipinski definition) is 1. The molecule has 0 saturated carbocycles. The Bertz CT molecular complexity index is 1030. The van der Waals surface area contributed by atoms with Crippen molar-refractivity contribution in [3.63, 3.8) is 0 Å². The molecular formula is C20H17N5O. The van der Waals surface area contributed by atoms with Gasteiger partial charge < -0.3 is 10.2 Å². The van der Waals surface area contributed by atoms with Gasteiger partial charge in [-0.3, -0.25) is 14.8 Å². The molecule has 6 heteroatoms. The molecule has 1 aliphatic rings. The number of amides is 1. The number of nitrogens with zero attached hydrogens (tertiary/aromatic N) is 4. The second-order valence-electron chi connectivity index (χ2n) is 6.76. The Balaban J connectivity index is 1.56. The van der Waals surface area contributed by atoms with E-state index in [1.165, 1.54) is 0 Å². The molecule has 1 N–H and O–H groups in total. The number of pyridine rings is 2. The van der Waals surface area contributed by atoms with Crippen molar-refractivity contribution in [1.29, 1.82) is 5.26 Å². The van der Waals surface area contributed by atoms with E-state index in [1.54, 1.807) is 18.5 Å². The Morgan fingerprint density at radius 3 is 2.81 bits per heavy atom. The van der Waals surface area contributed by atoms with Gasteiger partial charge in [-0.15, -0.1) is 0 Å². The van der Waals surface area contributed by atoms with Crippen molar-refractivity contribution in [3.8, 4) is 6.07 Å². The molecule has 4 rings (SSSR count). The van der Waals surface area contributed by atoms with Gasteiger partial charge in [-0.25, -0.2) is 0 Å². The fourth-order valence-electron chi connectivity index (χ4n) is 3.18. The Morgan fingerprint density at radius 2 is 2.00 bits per heavy atom. The molecule has 1 aromatic carbocycles. The van der Waals surface area contributed by atoms with Crippen molar-refractivity contribution in [2.75, 3.05) is 23.3 Å². The predicted octanol–water partition coefficient (Wildman–Crippen LogP) is 3.23. The topological polar surface area (TPSA) is 81.9 Å². The lowest BCUT2D eigenvalue weighted by molar-refractivity contribution is 0.102. The van der Waals surface area contributed by atoms with E-state index in [9.17, 15) is 4.79 Å². The number of aromatic nitrogens is 2. The van der Waals surface area contributed by atoms with E-state index in [4.69, 9.17) is 5.26 Å². The van der Waals surface area contributed by atoms with Gasteiger partial charge in [-0.2, -0.15) is 5.26 Å². The highest BCUT2D eigenvalue weighted by atomic mass is 16.1. The first-order chi connectivity index (χ1) is 12.6. The number of fused-ring (bicyclic) bond motifs is 1. The molecule has 0 unspecified atom stereocenters. The number of carbonyl (C=O) groups excluding carboxylic acids is 1. The van der Waals surface area contributed by atoms with Crippen molar-refractivity contribution in [1.82, 2.24) is 9.97 Å². The molecule has 6 nitrogen and oxygen atoms in total. The van der Waals surface area contributed by atoms with Crippen LogP contribution in [0, 0.1) is 16.7 Å². The molecule has 1 saturated heterocycles. The SMILES string of the molecule is CC1(C#N)CN(c2ccnc(C(=O)Nc3cccc4cccnc34)c2)C1. The fourth-order valence-corrected chi connectivity index (χ4v) is 3.18. The van der Waals surface area contributed by atoms with Gasteiger partial charge in [-0.05, 0) is 31.2 Å². The zero-order chi connectivity index (χ0) is 18.1. The number of nitrogens with one attached hydrogen (secondary N) is 1. The second kappa shape index (κ2) is 6.12. The summed E-state index contributed by atoms with van der Waals surface area (Å²) in [6, 6.07) is 15.4. The highest BCUT2D eigenvalue weighted by Crippen LogP contribution is 2.33. The van der Waals surface area contributed by atoms with Crippen LogP contribution in [0.25, 0.3) is 10.9 Å². The van der Waals surface area contributed by atoms with Crippen LogP contribution in [0.1, 0.15) is 17.4 Å². The van der Waals surface area contributed by atoms with E-state index in [-0.39, 0.29) is 11.3 Å². The molecule has 3 aromatic rings. The molecule has 0 aliphatic carbocycles. The predicted molar refractivity (Wildman–Crippen MR) is 99.9 cm³/mol. The third-order valence-corrected chi connectivity index (χ3v) is 4.57. The molecule has 2 aromatic heterocycles. The Hall–Kier alpha value is -3.46. The van der Waals surface area contributed by atoms with Crippen molar-refractivity contribution in [2.24, 2.45) is 5.41 Å². The van der Waals surface area contributed by atoms with E-state index >= 15 is 0 Å². The summed E-state index contributed by atoms with van der Waals surface area (Å²) in [6.07, 6.45) is 3.32. The first-order valence-corrected chi connectivity index (χ1v) is 8.35. The van der Waals surface area contributed by atoms with Gasteiger partial charge in [0.25, 0.3) is 5.91 Å². The lowest BCUT2D eigenvalue weighted by Crippen LogP contribution is -2.54. The lowest BCUT2D eigenvalue weighted by Gasteiger charge is -2.44. The number of carbonyl (C=O) groups is 1. The first-order valence-electron chi connectivity index (χ1n) is 8.35. The van der Waals surface area contributed by atoms with Crippen molar-refractivity contribution in [3.05, 3.63) is 60.6 Å². The van der Waals surface area contributed by atoms with Crippen LogP contribution in [0.2, 0.25) is 0 Å². The number of hydrogen-bond acceptors (Lipinski definition) is 5. The van der Waals surface area contributed by atoms with Gasteiger partial charge in [0, 0.05) is 36.6 Å². The van der Waals surface area contributed by atoms with Crippen molar-refractivity contribution >= 4 is 28.2 Å². The van der Waals surface area contributed by atoms with Gasteiger partial charge in [0.15, 0.2) is 0 Å². The first kappa shape index (κ1) is 16.0. The summed E-state index contributed by atoms with van der Waals surface area (Å²) < 4.78 is 0. The van der Waals surface area contributed by atoms with Gasteiger partial charge in [-0.1, -0.05) is 18.2 Å². The number of rotatable bonds is 3. The fraction of sp³-hybridized carbons (Fsp3) is 0.200. The second-order valence-corrected chi connectivity index (χ2v) is 6.76. The molecule has 1 fully saturated rings. The molecule has 1 amide bonds. The largest absolute Gasteiger partial charge is 0.368 e. The van der Waals surface area contributed by atoms with E-state index in [0.717, 1.165) is 16.6 Å². The van der Waals surface area contributed by atoms with Crippen molar-refractivity contribution < 1.29 is 4.79 Å². The third kappa shape index (κ3) is 2.84. The minimum atomic E-state index is -0.319. The number of nitriles is 1. The van der Waals surface area contributed by atoms with Gasteiger partial charge in [0.1, 0.15) is 5.69 Å². The zero-order valence-electron chi connectivity index (χ0n) is 14.3. The van der Waals surface area contributed by atoms with Crippen LogP contribution < -0.4 is 10.2 Å². The number of benzene rings is 1. The molecule has 0 bridgehead atoms. The van der Waals surface area contributed by atoms with Crippen molar-refractivity contribution in [2.45, 2.75) is 6.92 Å². The van der Waals surface area contributed by atoms with Crippen LogP contribution in [0.15, 0.2) is 54.9 Å². The summed E-state index contributed by atoms with van der Waals surface area (Å²) in [5, 5.41) is 13.0. The average Bonchev–Trinajstić information content (AvgIpc) is 2.66. The lowest BCUT2D eigenvalue weighted by atomic mass is 9.83. The Labute approximate surface area is 151 Å². The van der Waals surface area contributed by atoms with E-state index in [0.29, 0.717) is 24.5 Å². The molecule has 1 aliphatic heterocycles. The van der Waals surface area contributed by atoms with Gasteiger partial charge in [0.2, 0.25) is 0 Å². The van der Waals surface area contributed by atoms with Crippen LogP contribution in [-0.4, -0.2) is 29.0 Å². The van der Waals surface area contributed by atoms with Crippen LogP contribution in [0.3, 0.4) is 0 Å². The quantitative estimate of drug-likeness (QED) is 0.789. The maximum absolute atomic E-state index is 12.7. The maximum atomic E-state index is 12.7. The summed E-state index contributed by atoms with van der Waals surface area (Å²) in [6.45, 7) is 3.25. The minimum Gasteiger partial charge on any atom is -0.368 e. The monoisotopic (exact) mass is 343 g/mol. The summed E-state index contributed by atoms with van der Waals surface area (Å²) in [5.74, 6) is -0.284. The van der Waals surface area contributed by atoms with E-state index in [1.807, 2.05) is 43.3 Å². The molecule has 3 heterocycles. The summed E-state index contributed by atoms with van der Waals surface area (Å²) in [7, 11) is 0. The van der Waals surface area contributed by atoms with Crippen LogP contribution in [0.4, 0.5) is 11.4 Å².